The molecule has 0 aliphatic carbocycles. The van der Waals surface area contributed by atoms with Gasteiger partial charge in [-0.25, -0.2) is 9.69 Å². The summed E-state index contributed by atoms with van der Waals surface area (Å²) in [5.74, 6) is -1.01. The standard InChI is InChI=1S/C25H23ClN4O3/c1-15-7-6-8-19(11-15)27-23(31)14-29-24(32)21(28-25(29)33)13-18-12-16(2)30(17(18)3)22-10-5-4-9-20(22)26/h4-13H,14H2,1-3H3,(H,27,31)(H,28,33)/b21-13+. The van der Waals surface area contributed by atoms with Crippen molar-refractivity contribution in [2.24, 2.45) is 0 Å². The number of anilines is 1. The van der Waals surface area contributed by atoms with E-state index in [-0.39, 0.29) is 12.2 Å². The van der Waals surface area contributed by atoms with E-state index < -0.39 is 17.8 Å². The van der Waals surface area contributed by atoms with Crippen LogP contribution in [-0.2, 0) is 9.59 Å². The fourth-order valence-electron chi connectivity index (χ4n) is 3.88. The summed E-state index contributed by atoms with van der Waals surface area (Å²) in [6, 6.07) is 16.1. The van der Waals surface area contributed by atoms with Crippen LogP contribution in [0, 0.1) is 20.8 Å². The third-order valence-electron chi connectivity index (χ3n) is 5.43. The quantitative estimate of drug-likeness (QED) is 0.429. The van der Waals surface area contributed by atoms with Gasteiger partial charge in [-0.2, -0.15) is 0 Å². The molecule has 0 atom stereocenters. The largest absolute Gasteiger partial charge is 0.329 e. The highest BCUT2D eigenvalue weighted by molar-refractivity contribution is 6.32. The SMILES string of the molecule is Cc1cccc(NC(=O)CN2C(=O)N/C(=C/c3cc(C)n(-c4ccccc4Cl)c3C)C2=O)c1. The highest BCUT2D eigenvalue weighted by atomic mass is 35.5. The number of hydrogen-bond acceptors (Lipinski definition) is 3. The number of aryl methyl sites for hydroxylation is 2. The molecule has 8 heteroatoms. The van der Waals surface area contributed by atoms with Gasteiger partial charge < -0.3 is 15.2 Å². The van der Waals surface area contributed by atoms with E-state index in [1.807, 2.05) is 73.9 Å². The van der Waals surface area contributed by atoms with Gasteiger partial charge >= 0.3 is 6.03 Å². The molecule has 1 aliphatic heterocycles. The molecule has 168 valence electrons. The first-order valence-electron chi connectivity index (χ1n) is 10.4. The number of rotatable bonds is 5. The van der Waals surface area contributed by atoms with E-state index in [1.54, 1.807) is 12.1 Å². The minimum Gasteiger partial charge on any atom is -0.325 e. The normalized spacial score (nSPS) is 14.7. The van der Waals surface area contributed by atoms with Crippen LogP contribution in [0.5, 0.6) is 0 Å². The van der Waals surface area contributed by atoms with Gasteiger partial charge in [0.25, 0.3) is 5.91 Å². The van der Waals surface area contributed by atoms with Gasteiger partial charge in [0.2, 0.25) is 5.91 Å². The van der Waals surface area contributed by atoms with Crippen molar-refractivity contribution in [3.8, 4) is 5.69 Å². The minimum absolute atomic E-state index is 0.114. The molecule has 0 unspecified atom stereocenters. The first-order valence-corrected chi connectivity index (χ1v) is 10.8. The maximum absolute atomic E-state index is 12.9. The Balaban J connectivity index is 1.54. The number of amides is 4. The number of imide groups is 1. The summed E-state index contributed by atoms with van der Waals surface area (Å²) in [6.07, 6.45) is 1.62. The van der Waals surface area contributed by atoms with Crippen molar-refractivity contribution in [3.05, 3.63) is 87.8 Å². The average Bonchev–Trinajstić information content (AvgIpc) is 3.18. The van der Waals surface area contributed by atoms with Crippen molar-refractivity contribution in [1.29, 1.82) is 0 Å². The molecule has 1 saturated heterocycles. The van der Waals surface area contributed by atoms with E-state index in [1.165, 1.54) is 0 Å². The first kappa shape index (κ1) is 22.4. The van der Waals surface area contributed by atoms with Crippen molar-refractivity contribution in [2.45, 2.75) is 20.8 Å². The second-order valence-corrected chi connectivity index (χ2v) is 8.32. The summed E-state index contributed by atoms with van der Waals surface area (Å²) in [5.41, 5.74) is 5.10. The van der Waals surface area contributed by atoms with Crippen LogP contribution in [0.2, 0.25) is 5.02 Å². The number of halogens is 1. The maximum Gasteiger partial charge on any atom is 0.329 e. The summed E-state index contributed by atoms with van der Waals surface area (Å²) >= 11 is 6.37. The summed E-state index contributed by atoms with van der Waals surface area (Å²) in [4.78, 5) is 38.6. The lowest BCUT2D eigenvalue weighted by atomic mass is 10.2. The number of nitrogens with one attached hydrogen (secondary N) is 2. The van der Waals surface area contributed by atoms with Crippen LogP contribution in [0.15, 0.2) is 60.3 Å². The Morgan fingerprint density at radius 1 is 1.06 bits per heavy atom. The molecule has 2 aromatic carbocycles. The molecule has 7 nitrogen and oxygen atoms in total. The predicted octanol–water partition coefficient (Wildman–Crippen LogP) is 4.59. The molecule has 0 bridgehead atoms. The highest BCUT2D eigenvalue weighted by Gasteiger charge is 2.35. The van der Waals surface area contributed by atoms with Crippen molar-refractivity contribution in [2.75, 3.05) is 11.9 Å². The lowest BCUT2D eigenvalue weighted by molar-refractivity contribution is -0.127. The Hall–Kier alpha value is -3.84. The Morgan fingerprint density at radius 2 is 1.82 bits per heavy atom. The van der Waals surface area contributed by atoms with Gasteiger partial charge in [-0.05, 0) is 68.3 Å². The van der Waals surface area contributed by atoms with Crippen LogP contribution in [0.3, 0.4) is 0 Å². The second kappa shape index (κ2) is 8.96. The number of carbonyl (C=O) groups is 3. The minimum atomic E-state index is -0.634. The zero-order valence-electron chi connectivity index (χ0n) is 18.5. The van der Waals surface area contributed by atoms with E-state index >= 15 is 0 Å². The van der Waals surface area contributed by atoms with Crippen LogP contribution in [-0.4, -0.2) is 33.9 Å². The first-order chi connectivity index (χ1) is 15.7. The van der Waals surface area contributed by atoms with E-state index in [4.69, 9.17) is 11.6 Å². The monoisotopic (exact) mass is 462 g/mol. The van der Waals surface area contributed by atoms with Crippen molar-refractivity contribution in [3.63, 3.8) is 0 Å². The zero-order valence-corrected chi connectivity index (χ0v) is 19.2. The number of aromatic nitrogens is 1. The fourth-order valence-corrected chi connectivity index (χ4v) is 4.10. The smallest absolute Gasteiger partial charge is 0.325 e. The van der Waals surface area contributed by atoms with E-state index in [9.17, 15) is 14.4 Å². The number of nitrogens with zero attached hydrogens (tertiary/aromatic N) is 2. The van der Waals surface area contributed by atoms with Crippen LogP contribution in [0.25, 0.3) is 11.8 Å². The van der Waals surface area contributed by atoms with Crippen LogP contribution in [0.1, 0.15) is 22.5 Å². The van der Waals surface area contributed by atoms with Gasteiger partial charge in [-0.15, -0.1) is 0 Å². The summed E-state index contributed by atoms with van der Waals surface area (Å²) in [7, 11) is 0. The van der Waals surface area contributed by atoms with Gasteiger partial charge in [-0.3, -0.25) is 9.59 Å². The lowest BCUT2D eigenvalue weighted by Gasteiger charge is -2.12. The van der Waals surface area contributed by atoms with Crippen LogP contribution >= 0.6 is 11.6 Å². The highest BCUT2D eigenvalue weighted by Crippen LogP contribution is 2.28. The Kier molecular flexibility index (Phi) is 6.07. The lowest BCUT2D eigenvalue weighted by Crippen LogP contribution is -2.38. The molecule has 4 amide bonds. The molecule has 2 N–H and O–H groups in total. The number of para-hydroxylation sites is 1. The number of urea groups is 1. The van der Waals surface area contributed by atoms with Gasteiger partial charge in [0, 0.05) is 17.1 Å². The number of carbonyl (C=O) groups excluding carboxylic acids is 3. The zero-order chi connectivity index (χ0) is 23.7. The van der Waals surface area contributed by atoms with Gasteiger partial charge in [0.15, 0.2) is 0 Å². The molecular weight excluding hydrogens is 440 g/mol. The topological polar surface area (TPSA) is 83.4 Å². The molecule has 1 aliphatic rings. The molecule has 4 rings (SSSR count). The number of hydrogen-bond donors (Lipinski definition) is 2. The summed E-state index contributed by atoms with van der Waals surface area (Å²) in [6.45, 7) is 5.38. The van der Waals surface area contributed by atoms with Crippen molar-refractivity contribution < 1.29 is 14.4 Å². The Morgan fingerprint density at radius 3 is 2.55 bits per heavy atom. The predicted molar refractivity (Wildman–Crippen MR) is 128 cm³/mol. The maximum atomic E-state index is 12.9. The fraction of sp³-hybridized carbons (Fsp3) is 0.160. The molecule has 1 aromatic heterocycles. The van der Waals surface area contributed by atoms with Crippen molar-refractivity contribution >= 4 is 41.2 Å². The average molecular weight is 463 g/mol. The molecule has 0 radical (unpaired) electrons. The van der Waals surface area contributed by atoms with Gasteiger partial charge in [-0.1, -0.05) is 35.9 Å². The van der Waals surface area contributed by atoms with E-state index in [0.717, 1.165) is 33.1 Å². The van der Waals surface area contributed by atoms with Crippen LogP contribution < -0.4 is 10.6 Å². The molecule has 33 heavy (non-hydrogen) atoms. The van der Waals surface area contributed by atoms with Crippen molar-refractivity contribution in [1.82, 2.24) is 14.8 Å². The molecular formula is C25H23ClN4O3. The number of benzene rings is 2. The second-order valence-electron chi connectivity index (χ2n) is 7.91. The van der Waals surface area contributed by atoms with Gasteiger partial charge in [0.1, 0.15) is 12.2 Å². The molecule has 3 aromatic rings. The molecule has 0 saturated carbocycles. The van der Waals surface area contributed by atoms with E-state index in [2.05, 4.69) is 10.6 Å². The Labute approximate surface area is 196 Å². The summed E-state index contributed by atoms with van der Waals surface area (Å²) in [5, 5.41) is 5.89. The third kappa shape index (κ3) is 4.54. The molecule has 2 heterocycles. The van der Waals surface area contributed by atoms with E-state index in [0.29, 0.717) is 10.7 Å². The molecule has 1 fully saturated rings. The van der Waals surface area contributed by atoms with Crippen LogP contribution in [0.4, 0.5) is 10.5 Å². The molecule has 0 spiro atoms. The summed E-state index contributed by atoms with van der Waals surface area (Å²) < 4.78 is 1.99. The van der Waals surface area contributed by atoms with Gasteiger partial charge in [0.05, 0.1) is 10.7 Å². The Bertz CT molecular complexity index is 1310. The third-order valence-corrected chi connectivity index (χ3v) is 5.75.